The van der Waals surface area contributed by atoms with Gasteiger partial charge in [-0.25, -0.2) is 0 Å². The fraction of sp³-hybridized carbons (Fsp3) is 0.435. The van der Waals surface area contributed by atoms with Crippen molar-refractivity contribution >= 4 is 21.7 Å². The largest absolute Gasteiger partial charge is 0.294 e. The first-order chi connectivity index (χ1) is 11.9. The Bertz CT molecular complexity index is 883. The highest BCUT2D eigenvalue weighted by Gasteiger charge is 2.56. The summed E-state index contributed by atoms with van der Waals surface area (Å²) in [6, 6.07) is 8.54. The molecule has 25 heavy (non-hydrogen) atoms. The van der Waals surface area contributed by atoms with Crippen LogP contribution in [0.15, 0.2) is 62.2 Å². The Kier molecular flexibility index (Phi) is 3.95. The molecule has 0 spiro atoms. The molecule has 130 valence electrons. The van der Waals surface area contributed by atoms with Crippen LogP contribution in [0.2, 0.25) is 0 Å². The smallest absolute Gasteiger partial charge is 0.163 e. The predicted octanol–water partition coefficient (Wildman–Crippen LogP) is 6.44. The van der Waals surface area contributed by atoms with Crippen molar-refractivity contribution in [3.05, 3.63) is 67.7 Å². The molecule has 0 aliphatic heterocycles. The molecule has 0 saturated carbocycles. The van der Waals surface area contributed by atoms with E-state index in [1.807, 2.05) is 0 Å². The van der Waals surface area contributed by atoms with Crippen LogP contribution in [0.4, 0.5) is 0 Å². The third-order valence-electron chi connectivity index (χ3n) is 6.86. The minimum absolute atomic E-state index is 0.0681. The van der Waals surface area contributed by atoms with Crippen molar-refractivity contribution in [2.24, 2.45) is 5.92 Å². The van der Waals surface area contributed by atoms with Gasteiger partial charge in [0.25, 0.3) is 0 Å². The van der Waals surface area contributed by atoms with Crippen molar-refractivity contribution in [2.75, 3.05) is 0 Å². The lowest BCUT2D eigenvalue weighted by Gasteiger charge is -2.43. The summed E-state index contributed by atoms with van der Waals surface area (Å²) in [5.41, 5.74) is 9.36. The van der Waals surface area contributed by atoms with E-state index in [-0.39, 0.29) is 11.3 Å². The van der Waals surface area contributed by atoms with Gasteiger partial charge in [0, 0.05) is 15.8 Å². The highest BCUT2D eigenvalue weighted by molar-refractivity contribution is 9.10. The van der Waals surface area contributed by atoms with Crippen LogP contribution in [-0.4, -0.2) is 5.78 Å². The maximum absolute atomic E-state index is 13.4. The van der Waals surface area contributed by atoms with Gasteiger partial charge in [0.1, 0.15) is 0 Å². The first-order valence-electron chi connectivity index (χ1n) is 9.18. The molecule has 2 atom stereocenters. The lowest BCUT2D eigenvalue weighted by Crippen LogP contribution is -2.40. The van der Waals surface area contributed by atoms with Gasteiger partial charge in [0.15, 0.2) is 5.78 Å². The van der Waals surface area contributed by atoms with Crippen LogP contribution >= 0.6 is 15.9 Å². The fourth-order valence-electron chi connectivity index (χ4n) is 5.17. The standard InChI is InChI=1S/C23H25BrO/c1-13-9-17-19(10-14(13)2)23(18-7-5-6-8-21(18)24)12-16(4)15(3)11-20(23)22(17)25/h5-8,20H,9-12H2,1-4H3/t20-,23-/m0/s1. The summed E-state index contributed by atoms with van der Waals surface area (Å²) in [5, 5.41) is 0. The van der Waals surface area contributed by atoms with Crippen molar-refractivity contribution in [1.82, 2.24) is 0 Å². The number of benzene rings is 1. The number of carbonyl (C=O) groups is 1. The minimum Gasteiger partial charge on any atom is -0.294 e. The maximum atomic E-state index is 13.4. The molecule has 0 heterocycles. The summed E-state index contributed by atoms with van der Waals surface area (Å²) in [5.74, 6) is 0.475. The number of halogens is 1. The molecule has 0 saturated heterocycles. The van der Waals surface area contributed by atoms with Gasteiger partial charge in [0.2, 0.25) is 0 Å². The molecule has 1 nitrogen and oxygen atoms in total. The lowest BCUT2D eigenvalue weighted by molar-refractivity contribution is -0.119. The van der Waals surface area contributed by atoms with Crippen LogP contribution < -0.4 is 0 Å². The Morgan fingerprint density at radius 1 is 0.960 bits per heavy atom. The van der Waals surface area contributed by atoms with Crippen LogP contribution in [0.3, 0.4) is 0 Å². The zero-order valence-corrected chi connectivity index (χ0v) is 17.1. The van der Waals surface area contributed by atoms with Gasteiger partial charge < -0.3 is 0 Å². The van der Waals surface area contributed by atoms with Crippen molar-refractivity contribution < 1.29 is 4.79 Å². The second kappa shape index (κ2) is 5.81. The van der Waals surface area contributed by atoms with Crippen molar-refractivity contribution in [2.45, 2.75) is 58.8 Å². The molecular weight excluding hydrogens is 372 g/mol. The number of hydrogen-bond acceptors (Lipinski definition) is 1. The number of ketones is 1. The van der Waals surface area contributed by atoms with Crippen molar-refractivity contribution in [3.63, 3.8) is 0 Å². The van der Waals surface area contributed by atoms with E-state index in [4.69, 9.17) is 0 Å². The molecule has 0 unspecified atom stereocenters. The van der Waals surface area contributed by atoms with E-state index in [0.717, 1.165) is 35.7 Å². The normalized spacial score (nSPS) is 29.3. The molecule has 0 bridgehead atoms. The fourth-order valence-corrected chi connectivity index (χ4v) is 5.81. The second-order valence-corrected chi connectivity index (χ2v) is 9.04. The van der Waals surface area contributed by atoms with E-state index in [9.17, 15) is 4.79 Å². The van der Waals surface area contributed by atoms with E-state index in [1.165, 1.54) is 33.4 Å². The van der Waals surface area contributed by atoms with Crippen LogP contribution in [0.25, 0.3) is 0 Å². The molecule has 0 amide bonds. The van der Waals surface area contributed by atoms with Crippen LogP contribution in [0, 0.1) is 5.92 Å². The summed E-state index contributed by atoms with van der Waals surface area (Å²) < 4.78 is 1.14. The summed E-state index contributed by atoms with van der Waals surface area (Å²) in [7, 11) is 0. The number of Topliss-reactive ketones (excluding diaryl/α,β-unsaturated/α-hetero) is 1. The zero-order chi connectivity index (χ0) is 17.9. The van der Waals surface area contributed by atoms with E-state index < -0.39 is 0 Å². The predicted molar refractivity (Wildman–Crippen MR) is 107 cm³/mol. The van der Waals surface area contributed by atoms with E-state index in [0.29, 0.717) is 5.78 Å². The maximum Gasteiger partial charge on any atom is 0.163 e. The molecule has 3 aliphatic rings. The topological polar surface area (TPSA) is 17.1 Å². The number of allylic oxidation sites excluding steroid dienone is 6. The molecule has 0 N–H and O–H groups in total. The molecule has 1 aromatic carbocycles. The Hall–Kier alpha value is -1.41. The van der Waals surface area contributed by atoms with Gasteiger partial charge in [-0.3, -0.25) is 4.79 Å². The average Bonchev–Trinajstić information content (AvgIpc) is 2.79. The SMILES string of the molecule is CC1=C(C)CC2=C(C1)C(=O)[C@@H]1CC(C)=C(C)C[C@]21c1ccccc1Br. The first kappa shape index (κ1) is 17.0. The third-order valence-corrected chi connectivity index (χ3v) is 7.55. The Morgan fingerprint density at radius 3 is 2.36 bits per heavy atom. The highest BCUT2D eigenvalue weighted by Crippen LogP contribution is 2.60. The van der Waals surface area contributed by atoms with Gasteiger partial charge in [-0.1, -0.05) is 56.4 Å². The van der Waals surface area contributed by atoms with Gasteiger partial charge >= 0.3 is 0 Å². The molecule has 3 aliphatic carbocycles. The van der Waals surface area contributed by atoms with Crippen molar-refractivity contribution in [1.29, 1.82) is 0 Å². The first-order valence-corrected chi connectivity index (χ1v) is 9.97. The monoisotopic (exact) mass is 396 g/mol. The summed E-state index contributed by atoms with van der Waals surface area (Å²) in [6.45, 7) is 8.89. The minimum atomic E-state index is -0.155. The van der Waals surface area contributed by atoms with E-state index in [1.54, 1.807) is 0 Å². The molecule has 1 aromatic rings. The Labute approximate surface area is 159 Å². The molecule has 0 aromatic heterocycles. The number of fused-ring (bicyclic) bond motifs is 2. The summed E-state index contributed by atoms with van der Waals surface area (Å²) in [4.78, 5) is 13.4. The van der Waals surface area contributed by atoms with Crippen LogP contribution in [0.1, 0.15) is 58.9 Å². The van der Waals surface area contributed by atoms with Crippen LogP contribution in [0.5, 0.6) is 0 Å². The van der Waals surface area contributed by atoms with E-state index >= 15 is 0 Å². The average molecular weight is 397 g/mol. The molecular formula is C23H25BrO. The van der Waals surface area contributed by atoms with Crippen molar-refractivity contribution in [3.8, 4) is 0 Å². The summed E-state index contributed by atoms with van der Waals surface area (Å²) >= 11 is 3.80. The number of carbonyl (C=O) groups excluding carboxylic acids is 1. The highest BCUT2D eigenvalue weighted by atomic mass is 79.9. The van der Waals surface area contributed by atoms with Gasteiger partial charge in [0.05, 0.1) is 0 Å². The number of rotatable bonds is 1. The molecule has 0 radical (unpaired) electrons. The Morgan fingerprint density at radius 2 is 1.64 bits per heavy atom. The van der Waals surface area contributed by atoms with Gasteiger partial charge in [-0.2, -0.15) is 0 Å². The molecule has 0 fully saturated rings. The summed E-state index contributed by atoms with van der Waals surface area (Å²) in [6.07, 6.45) is 3.68. The zero-order valence-electron chi connectivity index (χ0n) is 15.5. The van der Waals surface area contributed by atoms with Gasteiger partial charge in [-0.05, 0) is 76.2 Å². The molecule has 4 rings (SSSR count). The van der Waals surface area contributed by atoms with Gasteiger partial charge in [-0.15, -0.1) is 0 Å². The molecule has 2 heteroatoms. The quantitative estimate of drug-likeness (QED) is 0.498. The van der Waals surface area contributed by atoms with Crippen LogP contribution in [-0.2, 0) is 10.2 Å². The lowest BCUT2D eigenvalue weighted by atomic mass is 9.59. The van der Waals surface area contributed by atoms with E-state index in [2.05, 4.69) is 67.9 Å². The second-order valence-electron chi connectivity index (χ2n) is 8.18. The Balaban J connectivity index is 1.98. The number of hydrogen-bond donors (Lipinski definition) is 0. The third kappa shape index (κ3) is 2.30.